The molecule has 0 aliphatic heterocycles. The highest BCUT2D eigenvalue weighted by Gasteiger charge is 1.97. The molecule has 0 heterocycles. The van der Waals surface area contributed by atoms with Gasteiger partial charge in [0, 0.05) is 0 Å². The van der Waals surface area contributed by atoms with Gasteiger partial charge in [-0.05, 0) is 49.1 Å². The maximum Gasteiger partial charge on any atom is 0.0625 e. The van der Waals surface area contributed by atoms with Gasteiger partial charge in [-0.25, -0.2) is 0 Å². The van der Waals surface area contributed by atoms with Gasteiger partial charge in [-0.15, -0.1) is 0 Å². The average Bonchev–Trinajstić information content (AvgIpc) is 2.09. The van der Waals surface area contributed by atoms with Crippen LogP contribution in [0.15, 0.2) is 23.2 Å². The van der Waals surface area contributed by atoms with Gasteiger partial charge in [0.15, 0.2) is 0 Å². The molecule has 1 rings (SSSR count). The van der Waals surface area contributed by atoms with Crippen LogP contribution in [0.3, 0.4) is 0 Å². The van der Waals surface area contributed by atoms with Crippen LogP contribution in [0.2, 0.25) is 0 Å². The summed E-state index contributed by atoms with van der Waals surface area (Å²) in [6.45, 7) is 5.57. The van der Waals surface area contributed by atoms with Crippen molar-refractivity contribution >= 4 is 25.0 Å². The molecule has 0 saturated carbocycles. The predicted octanol–water partition coefficient (Wildman–Crippen LogP) is 2.80. The third kappa shape index (κ3) is 2.11. The van der Waals surface area contributed by atoms with E-state index < -0.39 is 0 Å². The predicted molar refractivity (Wildman–Crippen MR) is 57.9 cm³/mol. The number of hydrogen-bond donors (Lipinski definition) is 1. The molecule has 2 heteroatoms. The van der Waals surface area contributed by atoms with Gasteiger partial charge in [-0.3, -0.25) is 4.99 Å². The van der Waals surface area contributed by atoms with Crippen LogP contribution in [0.25, 0.3) is 0 Å². The minimum atomic E-state index is 0.891. The van der Waals surface area contributed by atoms with E-state index >= 15 is 0 Å². The second kappa shape index (κ2) is 4.31. The minimum Gasteiger partial charge on any atom is -0.265 e. The first-order valence-electron chi connectivity index (χ1n) is 3.95. The summed E-state index contributed by atoms with van der Waals surface area (Å²) in [6.07, 6.45) is 1.02. The van der Waals surface area contributed by atoms with Crippen molar-refractivity contribution in [3.8, 4) is 0 Å². The van der Waals surface area contributed by atoms with E-state index in [1.807, 2.05) is 12.1 Å². The van der Waals surface area contributed by atoms with Crippen LogP contribution in [0.4, 0.5) is 5.69 Å². The molecule has 0 saturated heterocycles. The number of aliphatic imine (C=N–C) groups is 1. The van der Waals surface area contributed by atoms with Gasteiger partial charge in [-0.1, -0.05) is 6.07 Å². The second-order valence-electron chi connectivity index (χ2n) is 2.74. The van der Waals surface area contributed by atoms with E-state index in [1.165, 1.54) is 11.1 Å². The highest BCUT2D eigenvalue weighted by Crippen LogP contribution is 2.17. The van der Waals surface area contributed by atoms with Crippen molar-refractivity contribution in [3.05, 3.63) is 29.3 Å². The number of aryl methyl sites for hydroxylation is 2. The SMILES string of the molecule is C=Nc1ccc(CCS)c(C)c1. The van der Waals surface area contributed by atoms with Crippen molar-refractivity contribution in [1.29, 1.82) is 0 Å². The summed E-state index contributed by atoms with van der Waals surface area (Å²) in [5, 5.41) is 0. The molecule has 0 atom stereocenters. The summed E-state index contributed by atoms with van der Waals surface area (Å²) in [7, 11) is 0. The van der Waals surface area contributed by atoms with Crippen LogP contribution in [0.1, 0.15) is 11.1 Å². The number of rotatable bonds is 3. The van der Waals surface area contributed by atoms with Crippen molar-refractivity contribution in [2.24, 2.45) is 4.99 Å². The van der Waals surface area contributed by atoms with Crippen LogP contribution in [0, 0.1) is 6.92 Å². The third-order valence-corrected chi connectivity index (χ3v) is 2.11. The summed E-state index contributed by atoms with van der Waals surface area (Å²) in [5.74, 6) is 0.891. The van der Waals surface area contributed by atoms with E-state index in [9.17, 15) is 0 Å². The van der Waals surface area contributed by atoms with Gasteiger partial charge >= 0.3 is 0 Å². The topological polar surface area (TPSA) is 12.4 Å². The molecule has 1 aromatic rings. The van der Waals surface area contributed by atoms with E-state index in [0.29, 0.717) is 0 Å². The molecule has 0 fully saturated rings. The monoisotopic (exact) mass is 179 g/mol. The zero-order valence-electron chi connectivity index (χ0n) is 7.25. The largest absolute Gasteiger partial charge is 0.265 e. The van der Waals surface area contributed by atoms with Gasteiger partial charge in [0.05, 0.1) is 5.69 Å². The zero-order valence-corrected chi connectivity index (χ0v) is 8.14. The molecule has 0 bridgehead atoms. The van der Waals surface area contributed by atoms with Crippen molar-refractivity contribution in [3.63, 3.8) is 0 Å². The Kier molecular flexibility index (Phi) is 3.35. The minimum absolute atomic E-state index is 0.891. The van der Waals surface area contributed by atoms with Crippen molar-refractivity contribution in [2.45, 2.75) is 13.3 Å². The highest BCUT2D eigenvalue weighted by molar-refractivity contribution is 7.80. The summed E-state index contributed by atoms with van der Waals surface area (Å²) >= 11 is 4.19. The fraction of sp³-hybridized carbons (Fsp3) is 0.300. The lowest BCUT2D eigenvalue weighted by Crippen LogP contribution is -1.89. The fourth-order valence-electron chi connectivity index (χ4n) is 1.18. The molecule has 0 spiro atoms. The lowest BCUT2D eigenvalue weighted by atomic mass is 10.1. The fourth-order valence-corrected chi connectivity index (χ4v) is 1.42. The first-order chi connectivity index (χ1) is 5.77. The highest BCUT2D eigenvalue weighted by atomic mass is 32.1. The normalized spacial score (nSPS) is 9.83. The molecule has 0 aromatic heterocycles. The Morgan fingerprint density at radius 1 is 1.50 bits per heavy atom. The van der Waals surface area contributed by atoms with Crippen molar-refractivity contribution in [1.82, 2.24) is 0 Å². The van der Waals surface area contributed by atoms with E-state index in [-0.39, 0.29) is 0 Å². The Morgan fingerprint density at radius 2 is 2.25 bits per heavy atom. The van der Waals surface area contributed by atoms with Crippen molar-refractivity contribution in [2.75, 3.05) is 5.75 Å². The van der Waals surface area contributed by atoms with Crippen LogP contribution in [-0.4, -0.2) is 12.5 Å². The Labute approximate surface area is 78.9 Å². The third-order valence-electron chi connectivity index (χ3n) is 1.89. The first kappa shape index (κ1) is 9.33. The molecule has 0 N–H and O–H groups in total. The molecule has 64 valence electrons. The Hall–Kier alpha value is -0.760. The van der Waals surface area contributed by atoms with Crippen molar-refractivity contribution < 1.29 is 0 Å². The first-order valence-corrected chi connectivity index (χ1v) is 4.58. The molecule has 0 amide bonds. The summed E-state index contributed by atoms with van der Waals surface area (Å²) in [4.78, 5) is 3.86. The summed E-state index contributed by atoms with van der Waals surface area (Å²) in [6, 6.07) is 6.13. The molecule has 1 nitrogen and oxygen atoms in total. The van der Waals surface area contributed by atoms with Gasteiger partial charge in [-0.2, -0.15) is 12.6 Å². The number of thiol groups is 1. The molecular weight excluding hydrogens is 166 g/mol. The van der Waals surface area contributed by atoms with Crippen LogP contribution in [0.5, 0.6) is 0 Å². The smallest absolute Gasteiger partial charge is 0.0625 e. The zero-order chi connectivity index (χ0) is 8.97. The Bertz CT molecular complexity index is 281. The summed E-state index contributed by atoms with van der Waals surface area (Å²) < 4.78 is 0. The molecule has 0 radical (unpaired) electrons. The average molecular weight is 179 g/mol. The van der Waals surface area contributed by atoms with Gasteiger partial charge in [0.25, 0.3) is 0 Å². The van der Waals surface area contributed by atoms with Gasteiger partial charge in [0.1, 0.15) is 0 Å². The Balaban J connectivity index is 2.94. The standard InChI is InChI=1S/C10H13NS/c1-8-7-10(11-2)4-3-9(8)5-6-12/h3-4,7,12H,2,5-6H2,1H3. The second-order valence-corrected chi connectivity index (χ2v) is 3.19. The lowest BCUT2D eigenvalue weighted by molar-refractivity contribution is 1.13. The van der Waals surface area contributed by atoms with Crippen LogP contribution >= 0.6 is 12.6 Å². The maximum atomic E-state index is 4.19. The molecule has 0 unspecified atom stereocenters. The molecule has 0 aliphatic rings. The molecule has 12 heavy (non-hydrogen) atoms. The lowest BCUT2D eigenvalue weighted by Gasteiger charge is -2.03. The van der Waals surface area contributed by atoms with Gasteiger partial charge < -0.3 is 0 Å². The van der Waals surface area contributed by atoms with Gasteiger partial charge in [0.2, 0.25) is 0 Å². The number of benzene rings is 1. The Morgan fingerprint density at radius 3 is 2.75 bits per heavy atom. The van der Waals surface area contributed by atoms with Crippen LogP contribution < -0.4 is 0 Å². The molecule has 0 aliphatic carbocycles. The van der Waals surface area contributed by atoms with Crippen LogP contribution in [-0.2, 0) is 6.42 Å². The molecular formula is C10H13NS. The number of hydrogen-bond acceptors (Lipinski definition) is 2. The number of nitrogens with zero attached hydrogens (tertiary/aromatic N) is 1. The van der Waals surface area contributed by atoms with E-state index in [4.69, 9.17) is 0 Å². The maximum absolute atomic E-state index is 4.19. The quantitative estimate of drug-likeness (QED) is 0.541. The van der Waals surface area contributed by atoms with E-state index in [2.05, 4.69) is 37.3 Å². The summed E-state index contributed by atoms with van der Waals surface area (Å²) in [5.41, 5.74) is 3.56. The van der Waals surface area contributed by atoms with E-state index in [1.54, 1.807) is 0 Å². The van der Waals surface area contributed by atoms with E-state index in [0.717, 1.165) is 17.9 Å². The molecule has 1 aromatic carbocycles.